The fraction of sp³-hybridized carbons (Fsp3) is 0.625. The van der Waals surface area contributed by atoms with Crippen LogP contribution in [-0.2, 0) is 24.3 Å². The minimum atomic E-state index is -5.88. The first-order chi connectivity index (χ1) is 16.4. The molecule has 1 aromatic rings. The van der Waals surface area contributed by atoms with E-state index in [4.69, 9.17) is 20.9 Å². The molecule has 0 spiro atoms. The Labute approximate surface area is 201 Å². The van der Waals surface area contributed by atoms with Gasteiger partial charge in [0, 0.05) is 6.07 Å². The third-order valence-corrected chi connectivity index (χ3v) is 7.97. The van der Waals surface area contributed by atoms with Crippen LogP contribution in [0.1, 0.15) is 10.4 Å². The van der Waals surface area contributed by atoms with E-state index in [9.17, 15) is 64.1 Å². The van der Waals surface area contributed by atoms with Gasteiger partial charge in [-0.25, -0.2) is 0 Å². The molecular formula is C16H26N3O15P2+. The SMILES string of the molecule is NC(=O)c1c(P(=O)(O)O)cc(N)[n+](C2(C3O[C@H](CO)[C@@H](O)[C@H]3O)O[C@H](CO)[C@@H](O)[C@H]2O)c1P(=O)(O)O. The highest BCUT2D eigenvalue weighted by Gasteiger charge is 2.70. The molecule has 2 aliphatic heterocycles. The summed E-state index contributed by atoms with van der Waals surface area (Å²) in [7, 11) is -11.4. The zero-order valence-electron chi connectivity index (χ0n) is 18.0. The average Bonchev–Trinajstić information content (AvgIpc) is 3.19. The van der Waals surface area contributed by atoms with Crippen molar-refractivity contribution in [3.63, 3.8) is 0 Å². The number of aromatic nitrogens is 1. The highest BCUT2D eigenvalue weighted by Crippen LogP contribution is 2.45. The van der Waals surface area contributed by atoms with Gasteiger partial charge in [-0.05, 0) is 0 Å². The molecule has 20 heteroatoms. The van der Waals surface area contributed by atoms with Gasteiger partial charge >= 0.3 is 15.2 Å². The van der Waals surface area contributed by atoms with Crippen LogP contribution in [-0.4, -0.2) is 112 Å². The maximum absolute atomic E-state index is 12.6. The maximum atomic E-state index is 12.6. The quantitative estimate of drug-likeness (QED) is 0.108. The van der Waals surface area contributed by atoms with Crippen molar-refractivity contribution in [1.29, 1.82) is 0 Å². The smallest absolute Gasteiger partial charge is 0.394 e. The van der Waals surface area contributed by atoms with E-state index in [1.807, 2.05) is 0 Å². The van der Waals surface area contributed by atoms with Crippen molar-refractivity contribution >= 4 is 37.7 Å². The summed E-state index contributed by atoms with van der Waals surface area (Å²) in [6, 6.07) is 0.401. The van der Waals surface area contributed by atoms with E-state index >= 15 is 0 Å². The first-order valence-corrected chi connectivity index (χ1v) is 13.3. The molecule has 14 N–H and O–H groups in total. The summed E-state index contributed by atoms with van der Waals surface area (Å²) in [6.45, 7) is -1.94. The fourth-order valence-corrected chi connectivity index (χ4v) is 6.45. The number of primary amides is 1. The molecular weight excluding hydrogens is 536 g/mol. The molecule has 3 heterocycles. The van der Waals surface area contributed by atoms with E-state index in [-0.39, 0.29) is 4.57 Å². The van der Waals surface area contributed by atoms with Gasteiger partial charge in [0.05, 0.1) is 18.5 Å². The van der Waals surface area contributed by atoms with Crippen LogP contribution in [0, 0.1) is 0 Å². The van der Waals surface area contributed by atoms with Crippen molar-refractivity contribution in [1.82, 2.24) is 0 Å². The topological polar surface area (TPSA) is 328 Å². The third-order valence-electron chi connectivity index (χ3n) is 6.02. The Hall–Kier alpha value is -1.60. The number of nitrogen functional groups attached to an aromatic ring is 1. The van der Waals surface area contributed by atoms with E-state index in [0.29, 0.717) is 6.07 Å². The van der Waals surface area contributed by atoms with Crippen molar-refractivity contribution in [3.05, 3.63) is 11.6 Å². The highest BCUT2D eigenvalue weighted by molar-refractivity contribution is 7.62. The number of anilines is 1. The minimum Gasteiger partial charge on any atom is -0.394 e. The number of amides is 1. The lowest BCUT2D eigenvalue weighted by Gasteiger charge is -2.38. The van der Waals surface area contributed by atoms with Crippen LogP contribution in [0.3, 0.4) is 0 Å². The zero-order chi connectivity index (χ0) is 27.5. The van der Waals surface area contributed by atoms with Gasteiger partial charge in [-0.15, -0.1) is 0 Å². The van der Waals surface area contributed by atoms with Gasteiger partial charge in [-0.2, -0.15) is 4.57 Å². The summed E-state index contributed by atoms with van der Waals surface area (Å²) >= 11 is 0. The summed E-state index contributed by atoms with van der Waals surface area (Å²) in [6.07, 6.45) is -13.9. The van der Waals surface area contributed by atoms with Crippen molar-refractivity contribution in [3.8, 4) is 0 Å². The van der Waals surface area contributed by atoms with Crippen LogP contribution in [0.15, 0.2) is 6.07 Å². The molecule has 0 aromatic carbocycles. The van der Waals surface area contributed by atoms with Crippen molar-refractivity contribution in [2.24, 2.45) is 5.73 Å². The Morgan fingerprint density at radius 3 is 1.92 bits per heavy atom. The fourth-order valence-electron chi connectivity index (χ4n) is 4.50. The Balaban J connectivity index is 2.54. The number of nitrogens with zero attached hydrogens (tertiary/aromatic N) is 1. The van der Waals surface area contributed by atoms with Gasteiger partial charge in [-0.3, -0.25) is 19.7 Å². The van der Waals surface area contributed by atoms with Crippen LogP contribution in [0.5, 0.6) is 0 Å². The first kappa shape index (κ1) is 29.0. The lowest BCUT2D eigenvalue weighted by Crippen LogP contribution is -2.77. The van der Waals surface area contributed by atoms with Crippen molar-refractivity contribution in [2.45, 2.75) is 48.5 Å². The second-order valence-electron chi connectivity index (χ2n) is 8.23. The molecule has 36 heavy (non-hydrogen) atoms. The molecule has 1 aromatic heterocycles. The van der Waals surface area contributed by atoms with Gasteiger partial charge in [0.15, 0.2) is 12.2 Å². The molecule has 0 radical (unpaired) electrons. The van der Waals surface area contributed by atoms with Crippen LogP contribution in [0.25, 0.3) is 0 Å². The number of carbonyl (C=O) groups excluding carboxylic acids is 1. The summed E-state index contributed by atoms with van der Waals surface area (Å²) in [4.78, 5) is 51.9. The molecule has 204 valence electrons. The first-order valence-electron chi connectivity index (χ1n) is 10.0. The normalized spacial score (nSPS) is 35.3. The van der Waals surface area contributed by atoms with E-state index in [1.165, 1.54) is 0 Å². The summed E-state index contributed by atoms with van der Waals surface area (Å²) < 4.78 is 35.8. The molecule has 2 fully saturated rings. The number of hydrogen-bond donors (Lipinski definition) is 12. The van der Waals surface area contributed by atoms with Gasteiger partial charge in [0.2, 0.25) is 5.44 Å². The van der Waals surface area contributed by atoms with Crippen LogP contribution in [0.2, 0.25) is 0 Å². The Bertz CT molecular complexity index is 1140. The van der Waals surface area contributed by atoms with Crippen molar-refractivity contribution < 1.29 is 78.2 Å². The van der Waals surface area contributed by atoms with Crippen LogP contribution >= 0.6 is 15.2 Å². The molecule has 8 atom stereocenters. The number of aliphatic hydroxyl groups excluding tert-OH is 6. The second-order valence-corrected chi connectivity index (χ2v) is 11.3. The Morgan fingerprint density at radius 2 is 1.53 bits per heavy atom. The van der Waals surface area contributed by atoms with E-state index < -0.39 is 105 Å². The maximum Gasteiger partial charge on any atom is 0.396 e. The highest BCUT2D eigenvalue weighted by atomic mass is 31.2. The molecule has 1 amide bonds. The Kier molecular flexibility index (Phi) is 7.73. The van der Waals surface area contributed by atoms with E-state index in [2.05, 4.69) is 0 Å². The number of rotatable bonds is 7. The number of carbonyl (C=O) groups is 1. The van der Waals surface area contributed by atoms with Gasteiger partial charge < -0.3 is 65.4 Å². The van der Waals surface area contributed by atoms with E-state index in [1.54, 1.807) is 0 Å². The second kappa shape index (κ2) is 9.61. The molecule has 0 bridgehead atoms. The lowest BCUT2D eigenvalue weighted by molar-refractivity contribution is -0.799. The lowest BCUT2D eigenvalue weighted by atomic mass is 9.91. The number of nitrogens with two attached hydrogens (primary N) is 2. The van der Waals surface area contributed by atoms with Gasteiger partial charge in [-0.1, -0.05) is 0 Å². The Morgan fingerprint density at radius 1 is 0.972 bits per heavy atom. The molecule has 3 rings (SSSR count). The predicted molar refractivity (Wildman–Crippen MR) is 113 cm³/mol. The number of ether oxygens (including phenoxy) is 2. The minimum absolute atomic E-state index is 0.164. The molecule has 0 saturated carbocycles. The third kappa shape index (κ3) is 4.38. The van der Waals surface area contributed by atoms with Gasteiger partial charge in [0.25, 0.3) is 17.5 Å². The molecule has 2 aliphatic rings. The largest absolute Gasteiger partial charge is 0.396 e. The summed E-state index contributed by atoms with van der Waals surface area (Å²) in [5, 5.41) is 60.3. The van der Waals surface area contributed by atoms with Crippen LogP contribution < -0.4 is 26.8 Å². The molecule has 2 saturated heterocycles. The molecule has 0 aliphatic carbocycles. The monoisotopic (exact) mass is 562 g/mol. The average molecular weight is 562 g/mol. The number of pyridine rings is 1. The van der Waals surface area contributed by atoms with Crippen molar-refractivity contribution in [2.75, 3.05) is 18.9 Å². The van der Waals surface area contributed by atoms with Gasteiger partial charge in [0.1, 0.15) is 36.1 Å². The number of hydrogen-bond acceptors (Lipinski definition) is 12. The zero-order valence-corrected chi connectivity index (χ0v) is 19.8. The summed E-state index contributed by atoms with van der Waals surface area (Å²) in [5.41, 5.74) is 5.10. The van der Waals surface area contributed by atoms with Crippen LogP contribution in [0.4, 0.5) is 5.82 Å². The summed E-state index contributed by atoms with van der Waals surface area (Å²) in [5.74, 6) is -2.76. The molecule has 2 unspecified atom stereocenters. The predicted octanol–water partition coefficient (Wildman–Crippen LogP) is -7.49. The number of aliphatic hydroxyl groups is 6. The standard InChI is InChI=1S/C16H25N3O15P2/c17-7-1-6(35(27,28)29)8(14(18)26)15(36(30,31)32)19(7)16(12(25)10(23)5(3-21)34-16)13-11(24)9(22)4(2-20)33-13/h1,4-5,9-13,17,20-25H,2-3H2,(H6,18,26,27,28,29,30,31,32)/p+1/t4-,5-,9-,10-,11-,12-,13?,16?/m1/s1. The van der Waals surface area contributed by atoms with E-state index in [0.717, 1.165) is 0 Å². The molecule has 18 nitrogen and oxygen atoms in total.